The second-order valence-electron chi connectivity index (χ2n) is 4.06. The van der Waals surface area contributed by atoms with E-state index >= 15 is 0 Å². The molecule has 0 aromatic heterocycles. The lowest BCUT2D eigenvalue weighted by Gasteiger charge is -2.18. The molecule has 17 heavy (non-hydrogen) atoms. The molecule has 0 aliphatic heterocycles. The largest absolute Gasteiger partial charge is 0.490 e. The van der Waals surface area contributed by atoms with Gasteiger partial charge in [-0.25, -0.2) is 0 Å². The lowest BCUT2D eigenvalue weighted by molar-refractivity contribution is 0.177. The third-order valence-corrected chi connectivity index (χ3v) is 2.83. The minimum Gasteiger partial charge on any atom is -0.490 e. The Morgan fingerprint density at radius 2 is 1.53 bits per heavy atom. The topological polar surface area (TPSA) is 61.3 Å². The number of nitrogens with two attached hydrogens (primary N) is 2. The van der Waals surface area contributed by atoms with Crippen LogP contribution in [0.4, 0.5) is 0 Å². The van der Waals surface area contributed by atoms with Gasteiger partial charge in [-0.1, -0.05) is 11.6 Å². The molecule has 0 fully saturated rings. The summed E-state index contributed by atoms with van der Waals surface area (Å²) in [4.78, 5) is 0. The summed E-state index contributed by atoms with van der Waals surface area (Å²) in [5, 5.41) is 0.720. The molecule has 0 saturated heterocycles. The molecule has 0 unspecified atom stereocenters. The van der Waals surface area contributed by atoms with Gasteiger partial charge in [0.05, 0.1) is 6.10 Å². The summed E-state index contributed by atoms with van der Waals surface area (Å²) in [6.07, 6.45) is 4.09. The van der Waals surface area contributed by atoms with E-state index in [4.69, 9.17) is 27.8 Å². The lowest BCUT2D eigenvalue weighted by atomic mass is 10.1. The minimum atomic E-state index is 0.197. The fourth-order valence-electron chi connectivity index (χ4n) is 1.66. The van der Waals surface area contributed by atoms with Crippen molar-refractivity contribution in [2.24, 2.45) is 11.5 Å². The van der Waals surface area contributed by atoms with Crippen LogP contribution >= 0.6 is 11.6 Å². The molecule has 0 aliphatic carbocycles. The van der Waals surface area contributed by atoms with Crippen LogP contribution in [-0.2, 0) is 0 Å². The molecule has 0 atom stereocenters. The number of ether oxygens (including phenoxy) is 1. The maximum atomic E-state index is 5.90. The van der Waals surface area contributed by atoms with Crippen molar-refractivity contribution in [3.05, 3.63) is 29.3 Å². The van der Waals surface area contributed by atoms with Gasteiger partial charge in [0, 0.05) is 5.02 Å². The predicted molar refractivity (Wildman–Crippen MR) is 72.4 cm³/mol. The predicted octanol–water partition coefficient (Wildman–Crippen LogP) is 2.57. The smallest absolute Gasteiger partial charge is 0.119 e. The van der Waals surface area contributed by atoms with Crippen LogP contribution in [0.5, 0.6) is 5.75 Å². The zero-order valence-corrected chi connectivity index (χ0v) is 10.8. The Morgan fingerprint density at radius 3 is 2.00 bits per heavy atom. The molecular weight excluding hydrogens is 236 g/mol. The van der Waals surface area contributed by atoms with Crippen molar-refractivity contribution in [3.8, 4) is 5.75 Å². The zero-order valence-electron chi connectivity index (χ0n) is 10.1. The second kappa shape index (κ2) is 8.34. The van der Waals surface area contributed by atoms with Crippen molar-refractivity contribution in [2.75, 3.05) is 13.1 Å². The third-order valence-electron chi connectivity index (χ3n) is 2.58. The molecule has 0 heterocycles. The zero-order chi connectivity index (χ0) is 12.5. The highest BCUT2D eigenvalue weighted by atomic mass is 35.5. The molecule has 1 aromatic carbocycles. The fraction of sp³-hybridized carbons (Fsp3) is 0.538. The third kappa shape index (κ3) is 5.91. The van der Waals surface area contributed by atoms with Gasteiger partial charge in [-0.05, 0) is 63.0 Å². The van der Waals surface area contributed by atoms with E-state index in [1.165, 1.54) is 0 Å². The van der Waals surface area contributed by atoms with Gasteiger partial charge in [0.15, 0.2) is 0 Å². The van der Waals surface area contributed by atoms with Gasteiger partial charge < -0.3 is 16.2 Å². The normalized spacial score (nSPS) is 10.8. The number of hydrogen-bond acceptors (Lipinski definition) is 3. The van der Waals surface area contributed by atoms with Crippen molar-refractivity contribution >= 4 is 11.6 Å². The van der Waals surface area contributed by atoms with Crippen molar-refractivity contribution in [1.29, 1.82) is 0 Å². The highest BCUT2D eigenvalue weighted by Gasteiger charge is 2.09. The van der Waals surface area contributed by atoms with E-state index in [1.54, 1.807) is 0 Å². The van der Waals surface area contributed by atoms with Gasteiger partial charge in [-0.2, -0.15) is 0 Å². The Balaban J connectivity index is 2.48. The molecule has 1 rings (SSSR count). The van der Waals surface area contributed by atoms with Gasteiger partial charge in [-0.15, -0.1) is 0 Å². The molecule has 0 radical (unpaired) electrons. The molecule has 0 aliphatic rings. The van der Waals surface area contributed by atoms with Crippen LogP contribution in [0.15, 0.2) is 24.3 Å². The number of hydrogen-bond donors (Lipinski definition) is 2. The molecule has 96 valence electrons. The van der Waals surface area contributed by atoms with Crippen LogP contribution in [0.1, 0.15) is 25.7 Å². The summed E-state index contributed by atoms with van der Waals surface area (Å²) in [6, 6.07) is 7.44. The molecule has 0 amide bonds. The Morgan fingerprint density at radius 1 is 1.00 bits per heavy atom. The Kier molecular flexibility index (Phi) is 7.01. The molecule has 4 N–H and O–H groups in total. The molecular formula is C13H21ClN2O. The highest BCUT2D eigenvalue weighted by Crippen LogP contribution is 2.19. The van der Waals surface area contributed by atoms with Crippen molar-refractivity contribution in [2.45, 2.75) is 31.8 Å². The van der Waals surface area contributed by atoms with Crippen molar-refractivity contribution in [3.63, 3.8) is 0 Å². The summed E-state index contributed by atoms with van der Waals surface area (Å²) < 4.78 is 5.90. The minimum absolute atomic E-state index is 0.197. The first-order valence-corrected chi connectivity index (χ1v) is 6.46. The van der Waals surface area contributed by atoms with Gasteiger partial charge in [0.2, 0.25) is 0 Å². The first-order valence-electron chi connectivity index (χ1n) is 6.08. The summed E-state index contributed by atoms with van der Waals surface area (Å²) in [5.41, 5.74) is 11.0. The average Bonchev–Trinajstić information content (AvgIpc) is 2.35. The van der Waals surface area contributed by atoms with E-state index in [-0.39, 0.29) is 6.10 Å². The number of rotatable bonds is 8. The molecule has 1 aromatic rings. The first kappa shape index (κ1) is 14.3. The van der Waals surface area contributed by atoms with Crippen LogP contribution in [-0.4, -0.2) is 19.2 Å². The van der Waals surface area contributed by atoms with E-state index in [1.807, 2.05) is 24.3 Å². The SMILES string of the molecule is NCCCC(CCCN)Oc1ccc(Cl)cc1. The van der Waals surface area contributed by atoms with Gasteiger partial charge in [0.25, 0.3) is 0 Å². The summed E-state index contributed by atoms with van der Waals surface area (Å²) in [5.74, 6) is 0.855. The Hall–Kier alpha value is -0.770. The number of halogens is 1. The van der Waals surface area contributed by atoms with Crippen LogP contribution in [0.3, 0.4) is 0 Å². The molecule has 0 bridgehead atoms. The average molecular weight is 257 g/mol. The maximum absolute atomic E-state index is 5.90. The second-order valence-corrected chi connectivity index (χ2v) is 4.49. The monoisotopic (exact) mass is 256 g/mol. The lowest BCUT2D eigenvalue weighted by Crippen LogP contribution is -2.19. The van der Waals surface area contributed by atoms with Crippen LogP contribution in [0, 0.1) is 0 Å². The molecule has 0 spiro atoms. The van der Waals surface area contributed by atoms with Gasteiger partial charge in [0.1, 0.15) is 5.75 Å². The van der Waals surface area contributed by atoms with Gasteiger partial charge >= 0.3 is 0 Å². The van der Waals surface area contributed by atoms with E-state index in [0.29, 0.717) is 13.1 Å². The van der Waals surface area contributed by atoms with Crippen molar-refractivity contribution < 1.29 is 4.74 Å². The van der Waals surface area contributed by atoms with Crippen molar-refractivity contribution in [1.82, 2.24) is 0 Å². The van der Waals surface area contributed by atoms with E-state index in [0.717, 1.165) is 36.5 Å². The summed E-state index contributed by atoms with van der Waals surface area (Å²) >= 11 is 5.83. The van der Waals surface area contributed by atoms with E-state index in [9.17, 15) is 0 Å². The van der Waals surface area contributed by atoms with Crippen LogP contribution in [0.25, 0.3) is 0 Å². The Bertz CT molecular complexity index is 295. The van der Waals surface area contributed by atoms with E-state index in [2.05, 4.69) is 0 Å². The Labute approximate surface area is 108 Å². The fourth-order valence-corrected chi connectivity index (χ4v) is 1.78. The summed E-state index contributed by atoms with van der Waals surface area (Å²) in [6.45, 7) is 1.40. The maximum Gasteiger partial charge on any atom is 0.119 e. The first-order chi connectivity index (χ1) is 8.26. The molecule has 3 nitrogen and oxygen atoms in total. The quantitative estimate of drug-likeness (QED) is 0.752. The molecule has 4 heteroatoms. The molecule has 0 saturated carbocycles. The standard InChI is InChI=1S/C13H21ClN2O/c14-11-5-7-13(8-6-11)17-12(3-1-9-15)4-2-10-16/h5-8,12H,1-4,9-10,15-16H2. The number of benzene rings is 1. The van der Waals surface area contributed by atoms with Gasteiger partial charge in [-0.3, -0.25) is 0 Å². The summed E-state index contributed by atoms with van der Waals surface area (Å²) in [7, 11) is 0. The van der Waals surface area contributed by atoms with Crippen LogP contribution in [0.2, 0.25) is 5.02 Å². The van der Waals surface area contributed by atoms with E-state index < -0.39 is 0 Å². The highest BCUT2D eigenvalue weighted by molar-refractivity contribution is 6.30. The van der Waals surface area contributed by atoms with Crippen LogP contribution < -0.4 is 16.2 Å².